The highest BCUT2D eigenvalue weighted by molar-refractivity contribution is 6.05. The largest absolute Gasteiger partial charge is 0.343 e. The zero-order chi connectivity index (χ0) is 22.6. The molecule has 0 N–H and O–H groups in total. The standard InChI is InChI=1S/C24H30N4O4/c1-16(29)25-10-8-24(2,9-11-25)22(31)26-12-13-27-20(15-26)21(30)28(23(27)32)19-14-18(19)17-6-4-3-5-7-17/h3-7,18-20H,8-15H2,1-2H3/t18-,19+,20+/m1/s1. The van der Waals surface area contributed by atoms with Gasteiger partial charge in [0.2, 0.25) is 11.8 Å². The number of rotatable bonds is 3. The van der Waals surface area contributed by atoms with E-state index < -0.39 is 11.5 Å². The summed E-state index contributed by atoms with van der Waals surface area (Å²) < 4.78 is 0. The van der Waals surface area contributed by atoms with Crippen molar-refractivity contribution < 1.29 is 19.2 Å². The fourth-order valence-corrected chi connectivity index (χ4v) is 5.54. The second-order valence-electron chi connectivity index (χ2n) is 9.84. The molecule has 4 aliphatic rings. The number of nitrogens with zero attached hydrogens (tertiary/aromatic N) is 4. The van der Waals surface area contributed by atoms with Crippen LogP contribution in [0.2, 0.25) is 0 Å². The van der Waals surface area contributed by atoms with E-state index in [2.05, 4.69) is 0 Å². The highest BCUT2D eigenvalue weighted by Crippen LogP contribution is 2.47. The molecule has 3 heterocycles. The number of carbonyl (C=O) groups excluding carboxylic acids is 4. The quantitative estimate of drug-likeness (QED) is 0.673. The van der Waals surface area contributed by atoms with Crippen molar-refractivity contribution in [3.63, 3.8) is 0 Å². The summed E-state index contributed by atoms with van der Waals surface area (Å²) in [5.41, 5.74) is 0.624. The summed E-state index contributed by atoms with van der Waals surface area (Å²) in [5.74, 6) is 0.103. The van der Waals surface area contributed by atoms with Gasteiger partial charge in [0, 0.05) is 50.5 Å². The zero-order valence-corrected chi connectivity index (χ0v) is 18.7. The molecule has 1 saturated carbocycles. The first-order valence-corrected chi connectivity index (χ1v) is 11.5. The number of piperidine rings is 1. The van der Waals surface area contributed by atoms with Crippen molar-refractivity contribution in [2.24, 2.45) is 5.41 Å². The zero-order valence-electron chi connectivity index (χ0n) is 18.7. The predicted molar refractivity (Wildman–Crippen MR) is 116 cm³/mol. The molecule has 8 heteroatoms. The van der Waals surface area contributed by atoms with E-state index in [9.17, 15) is 19.2 Å². The lowest BCUT2D eigenvalue weighted by atomic mass is 9.78. The number of piperazine rings is 1. The van der Waals surface area contributed by atoms with Gasteiger partial charge in [0.05, 0.1) is 6.54 Å². The highest BCUT2D eigenvalue weighted by Gasteiger charge is 2.57. The lowest BCUT2D eigenvalue weighted by Gasteiger charge is -2.43. The summed E-state index contributed by atoms with van der Waals surface area (Å²) in [5, 5.41) is 0. The Kier molecular flexibility index (Phi) is 4.98. The van der Waals surface area contributed by atoms with E-state index >= 15 is 0 Å². The Bertz CT molecular complexity index is 956. The maximum absolute atomic E-state index is 13.4. The summed E-state index contributed by atoms with van der Waals surface area (Å²) in [7, 11) is 0. The van der Waals surface area contributed by atoms with Crippen LogP contribution in [0, 0.1) is 5.41 Å². The molecule has 170 valence electrons. The third-order valence-corrected chi connectivity index (χ3v) is 7.79. The average Bonchev–Trinajstić information content (AvgIpc) is 3.54. The first-order valence-electron chi connectivity index (χ1n) is 11.5. The van der Waals surface area contributed by atoms with Crippen LogP contribution in [0.3, 0.4) is 0 Å². The smallest absolute Gasteiger partial charge is 0.327 e. The molecule has 0 unspecified atom stereocenters. The minimum atomic E-state index is -0.585. The minimum absolute atomic E-state index is 0.0348. The summed E-state index contributed by atoms with van der Waals surface area (Å²) >= 11 is 0. The van der Waals surface area contributed by atoms with Crippen molar-refractivity contribution in [2.45, 2.75) is 51.1 Å². The number of amides is 5. The highest BCUT2D eigenvalue weighted by atomic mass is 16.2. The van der Waals surface area contributed by atoms with Gasteiger partial charge in [-0.2, -0.15) is 0 Å². The maximum atomic E-state index is 13.4. The summed E-state index contributed by atoms with van der Waals surface area (Å²) in [6.07, 6.45) is 2.04. The molecule has 4 fully saturated rings. The van der Waals surface area contributed by atoms with Gasteiger partial charge < -0.3 is 14.7 Å². The second kappa shape index (κ2) is 7.60. The van der Waals surface area contributed by atoms with E-state index in [1.165, 1.54) is 4.90 Å². The third kappa shape index (κ3) is 3.36. The molecule has 1 aliphatic carbocycles. The van der Waals surface area contributed by atoms with Crippen molar-refractivity contribution in [3.8, 4) is 0 Å². The first-order chi connectivity index (χ1) is 15.3. The van der Waals surface area contributed by atoms with E-state index in [4.69, 9.17) is 0 Å². The lowest BCUT2D eigenvalue weighted by molar-refractivity contribution is -0.149. The number of carbonyl (C=O) groups is 4. The molecule has 3 saturated heterocycles. The van der Waals surface area contributed by atoms with Gasteiger partial charge in [-0.25, -0.2) is 4.79 Å². The second-order valence-corrected chi connectivity index (χ2v) is 9.84. The Labute approximate surface area is 188 Å². The Morgan fingerprint density at radius 2 is 1.66 bits per heavy atom. The van der Waals surface area contributed by atoms with E-state index in [0.717, 1.165) is 12.0 Å². The van der Waals surface area contributed by atoms with Crippen LogP contribution in [0.4, 0.5) is 4.79 Å². The minimum Gasteiger partial charge on any atom is -0.343 e. The SMILES string of the molecule is CC(=O)N1CCC(C)(C(=O)N2CCN3C(=O)N([C@H]4C[C@@H]4c4ccccc4)C(=O)[C@@H]3C2)CC1. The van der Waals surface area contributed by atoms with Gasteiger partial charge in [-0.3, -0.25) is 19.3 Å². The Balaban J connectivity index is 1.25. The van der Waals surface area contributed by atoms with Crippen LogP contribution in [-0.2, 0) is 14.4 Å². The Hall–Kier alpha value is -2.90. The molecule has 8 nitrogen and oxygen atoms in total. The van der Waals surface area contributed by atoms with Crippen LogP contribution in [-0.4, -0.2) is 88.2 Å². The fourth-order valence-electron chi connectivity index (χ4n) is 5.54. The van der Waals surface area contributed by atoms with Crippen LogP contribution in [0.1, 0.15) is 44.6 Å². The summed E-state index contributed by atoms with van der Waals surface area (Å²) in [4.78, 5) is 57.9. The van der Waals surface area contributed by atoms with Crippen LogP contribution >= 0.6 is 0 Å². The molecule has 0 radical (unpaired) electrons. The fraction of sp³-hybridized carbons (Fsp3) is 0.583. The molecule has 3 aliphatic heterocycles. The predicted octanol–water partition coefficient (Wildman–Crippen LogP) is 1.67. The maximum Gasteiger partial charge on any atom is 0.327 e. The molecule has 32 heavy (non-hydrogen) atoms. The number of hydrogen-bond donors (Lipinski definition) is 0. The van der Waals surface area contributed by atoms with Gasteiger partial charge in [0.15, 0.2) is 0 Å². The van der Waals surface area contributed by atoms with Crippen LogP contribution in [0.25, 0.3) is 0 Å². The third-order valence-electron chi connectivity index (χ3n) is 7.79. The number of imide groups is 1. The molecule has 1 aromatic carbocycles. The molecule has 1 aromatic rings. The molecular formula is C24H30N4O4. The number of benzene rings is 1. The Morgan fingerprint density at radius 3 is 2.31 bits per heavy atom. The summed E-state index contributed by atoms with van der Waals surface area (Å²) in [6, 6.07) is 9.13. The van der Waals surface area contributed by atoms with Crippen LogP contribution < -0.4 is 0 Å². The molecule has 0 bridgehead atoms. The average molecular weight is 439 g/mol. The first kappa shape index (κ1) is 21.0. The van der Waals surface area contributed by atoms with Crippen molar-refractivity contribution >= 4 is 23.8 Å². The number of likely N-dealkylation sites (tertiary alicyclic amines) is 1. The van der Waals surface area contributed by atoms with Gasteiger partial charge >= 0.3 is 6.03 Å². The normalized spacial score (nSPS) is 29.2. The van der Waals surface area contributed by atoms with Crippen LogP contribution in [0.5, 0.6) is 0 Å². The number of fused-ring (bicyclic) bond motifs is 1. The topological polar surface area (TPSA) is 81.2 Å². The van der Waals surface area contributed by atoms with E-state index in [-0.39, 0.29) is 42.3 Å². The number of urea groups is 1. The van der Waals surface area contributed by atoms with Crippen molar-refractivity contribution in [2.75, 3.05) is 32.7 Å². The monoisotopic (exact) mass is 438 g/mol. The van der Waals surface area contributed by atoms with Gasteiger partial charge in [0.25, 0.3) is 5.91 Å². The molecular weight excluding hydrogens is 408 g/mol. The molecule has 5 rings (SSSR count). The van der Waals surface area contributed by atoms with Gasteiger partial charge in [-0.1, -0.05) is 37.3 Å². The van der Waals surface area contributed by atoms with Gasteiger partial charge in [-0.05, 0) is 24.8 Å². The van der Waals surface area contributed by atoms with E-state index in [1.54, 1.807) is 21.6 Å². The van der Waals surface area contributed by atoms with Gasteiger partial charge in [-0.15, -0.1) is 0 Å². The van der Waals surface area contributed by atoms with Crippen LogP contribution in [0.15, 0.2) is 30.3 Å². The Morgan fingerprint density at radius 1 is 0.969 bits per heavy atom. The summed E-state index contributed by atoms with van der Waals surface area (Å²) in [6.45, 7) is 5.76. The van der Waals surface area contributed by atoms with E-state index in [0.29, 0.717) is 39.0 Å². The van der Waals surface area contributed by atoms with Crippen molar-refractivity contribution in [1.82, 2.24) is 19.6 Å². The molecule has 0 spiro atoms. The van der Waals surface area contributed by atoms with Crippen molar-refractivity contribution in [3.05, 3.63) is 35.9 Å². The van der Waals surface area contributed by atoms with Gasteiger partial charge in [0.1, 0.15) is 6.04 Å². The lowest BCUT2D eigenvalue weighted by Crippen LogP contribution is -2.58. The molecule has 0 aromatic heterocycles. The van der Waals surface area contributed by atoms with E-state index in [1.807, 2.05) is 37.3 Å². The molecule has 3 atom stereocenters. The number of hydrogen-bond acceptors (Lipinski definition) is 4. The van der Waals surface area contributed by atoms with Crippen molar-refractivity contribution in [1.29, 1.82) is 0 Å². The molecule has 5 amide bonds.